The first-order valence-electron chi connectivity index (χ1n) is 10.3. The fourth-order valence-corrected chi connectivity index (χ4v) is 4.37. The molecule has 1 saturated heterocycles. The molecule has 0 aliphatic carbocycles. The number of hydrogen-bond acceptors (Lipinski definition) is 4. The fourth-order valence-electron chi connectivity index (χ4n) is 4.19. The van der Waals surface area contributed by atoms with Gasteiger partial charge in [0.2, 0.25) is 0 Å². The normalized spacial score (nSPS) is 16.6. The molecule has 1 aliphatic rings. The Kier molecular flexibility index (Phi) is 5.16. The molecule has 0 saturated carbocycles. The molecule has 0 bridgehead atoms. The van der Waals surface area contributed by atoms with Crippen LogP contribution in [-0.4, -0.2) is 33.4 Å². The molecule has 1 amide bonds. The summed E-state index contributed by atoms with van der Waals surface area (Å²) in [7, 11) is 2.04. The first-order valence-corrected chi connectivity index (χ1v) is 10.7. The number of carbonyl (C=O) groups excluding carboxylic acids is 1. The van der Waals surface area contributed by atoms with Crippen LogP contribution in [-0.2, 0) is 7.05 Å². The smallest absolute Gasteiger partial charge is 0.290 e. The Morgan fingerprint density at radius 3 is 2.87 bits per heavy atom. The molecule has 158 valence electrons. The Balaban J connectivity index is 1.31. The van der Waals surface area contributed by atoms with Gasteiger partial charge in [-0.2, -0.15) is 0 Å². The van der Waals surface area contributed by atoms with Crippen molar-refractivity contribution in [3.05, 3.63) is 77.3 Å². The number of likely N-dealkylation sites (tertiary alicyclic amines) is 1. The number of hydrogen-bond donors (Lipinski definition) is 0. The Labute approximate surface area is 185 Å². The molecular formula is C24H22ClN3O3. The van der Waals surface area contributed by atoms with Crippen molar-refractivity contribution in [3.8, 4) is 11.7 Å². The van der Waals surface area contributed by atoms with Crippen LogP contribution in [0.3, 0.4) is 0 Å². The molecule has 2 aromatic heterocycles. The van der Waals surface area contributed by atoms with E-state index < -0.39 is 0 Å². The minimum absolute atomic E-state index is 0.135. The van der Waals surface area contributed by atoms with Crippen LogP contribution in [0.2, 0.25) is 5.02 Å². The van der Waals surface area contributed by atoms with Gasteiger partial charge in [0, 0.05) is 37.1 Å². The van der Waals surface area contributed by atoms with Crippen molar-refractivity contribution in [3.63, 3.8) is 0 Å². The Hall–Kier alpha value is -3.25. The second-order valence-electron chi connectivity index (χ2n) is 7.79. The molecular weight excluding hydrogens is 414 g/mol. The predicted octanol–water partition coefficient (Wildman–Crippen LogP) is 5.63. The molecule has 1 atom stereocenters. The summed E-state index contributed by atoms with van der Waals surface area (Å²) in [6.07, 6.45) is 1.93. The number of imidazole rings is 1. The van der Waals surface area contributed by atoms with Crippen LogP contribution in [0.15, 0.2) is 65.1 Å². The van der Waals surface area contributed by atoms with Gasteiger partial charge in [0.15, 0.2) is 5.76 Å². The summed E-state index contributed by atoms with van der Waals surface area (Å²) < 4.78 is 13.5. The number of ether oxygens (including phenoxy) is 1. The number of benzene rings is 2. The van der Waals surface area contributed by atoms with Crippen LogP contribution in [0.1, 0.15) is 35.1 Å². The number of aromatic nitrogens is 2. The van der Waals surface area contributed by atoms with Gasteiger partial charge in [-0.25, -0.2) is 4.98 Å². The SMILES string of the molecule is Cn1c(C2CCCN(C(=O)c3ccc(Oc4cccc(Cl)c4)o3)C2)nc2ccccc21. The Morgan fingerprint density at radius 2 is 2.03 bits per heavy atom. The predicted molar refractivity (Wildman–Crippen MR) is 119 cm³/mol. The van der Waals surface area contributed by atoms with Gasteiger partial charge in [-0.05, 0) is 49.2 Å². The van der Waals surface area contributed by atoms with E-state index in [-0.39, 0.29) is 23.5 Å². The Bertz CT molecular complexity index is 1250. The van der Waals surface area contributed by atoms with Gasteiger partial charge in [0.25, 0.3) is 11.9 Å². The summed E-state index contributed by atoms with van der Waals surface area (Å²) in [6.45, 7) is 1.31. The quantitative estimate of drug-likeness (QED) is 0.416. The maximum Gasteiger partial charge on any atom is 0.290 e. The molecule has 31 heavy (non-hydrogen) atoms. The number of carbonyl (C=O) groups is 1. The van der Waals surface area contributed by atoms with Crippen molar-refractivity contribution in [1.82, 2.24) is 14.5 Å². The largest absolute Gasteiger partial charge is 0.426 e. The average Bonchev–Trinajstić information content (AvgIpc) is 3.38. The monoisotopic (exact) mass is 435 g/mol. The summed E-state index contributed by atoms with van der Waals surface area (Å²) in [6, 6.07) is 18.4. The van der Waals surface area contributed by atoms with Crippen molar-refractivity contribution < 1.29 is 13.9 Å². The van der Waals surface area contributed by atoms with E-state index in [4.69, 9.17) is 25.7 Å². The van der Waals surface area contributed by atoms with Gasteiger partial charge in [0.1, 0.15) is 11.6 Å². The van der Waals surface area contributed by atoms with Crippen LogP contribution < -0.4 is 4.74 Å². The number of furan rings is 1. The van der Waals surface area contributed by atoms with Gasteiger partial charge in [-0.1, -0.05) is 29.8 Å². The number of halogens is 1. The van der Waals surface area contributed by atoms with E-state index in [0.29, 0.717) is 23.9 Å². The van der Waals surface area contributed by atoms with Gasteiger partial charge >= 0.3 is 0 Å². The number of nitrogens with zero attached hydrogens (tertiary/aromatic N) is 3. The summed E-state index contributed by atoms with van der Waals surface area (Å²) in [5, 5.41) is 0.571. The van der Waals surface area contributed by atoms with Crippen molar-refractivity contribution >= 4 is 28.5 Å². The number of rotatable bonds is 4. The van der Waals surface area contributed by atoms with E-state index in [0.717, 1.165) is 29.7 Å². The van der Waals surface area contributed by atoms with E-state index in [9.17, 15) is 4.79 Å². The first-order chi connectivity index (χ1) is 15.1. The van der Waals surface area contributed by atoms with Gasteiger partial charge in [0.05, 0.1) is 11.0 Å². The second-order valence-corrected chi connectivity index (χ2v) is 8.22. The molecule has 0 spiro atoms. The molecule has 4 aromatic rings. The molecule has 3 heterocycles. The molecule has 5 rings (SSSR count). The zero-order chi connectivity index (χ0) is 21.4. The standard InChI is InChI=1S/C24H22ClN3O3/c1-27-20-10-3-2-9-19(20)26-23(27)16-6-5-13-28(15-16)24(29)21-11-12-22(31-21)30-18-8-4-7-17(25)14-18/h2-4,7-12,14,16H,5-6,13,15H2,1H3. The van der Waals surface area contributed by atoms with E-state index in [1.54, 1.807) is 36.4 Å². The molecule has 1 unspecified atom stereocenters. The van der Waals surface area contributed by atoms with Gasteiger partial charge < -0.3 is 18.6 Å². The maximum atomic E-state index is 13.1. The molecule has 0 N–H and O–H groups in total. The lowest BCUT2D eigenvalue weighted by Gasteiger charge is -2.31. The highest BCUT2D eigenvalue weighted by Crippen LogP contribution is 2.31. The minimum atomic E-state index is -0.135. The molecule has 0 radical (unpaired) electrons. The number of aryl methyl sites for hydroxylation is 1. The number of fused-ring (bicyclic) bond motifs is 1. The van der Waals surface area contributed by atoms with E-state index in [1.165, 1.54) is 0 Å². The molecule has 7 heteroatoms. The van der Waals surface area contributed by atoms with Crippen LogP contribution in [0, 0.1) is 0 Å². The summed E-state index contributed by atoms with van der Waals surface area (Å²) in [5.74, 6) is 2.15. The summed E-state index contributed by atoms with van der Waals surface area (Å²) in [5.41, 5.74) is 2.09. The zero-order valence-electron chi connectivity index (χ0n) is 17.1. The average molecular weight is 436 g/mol. The van der Waals surface area contributed by atoms with E-state index >= 15 is 0 Å². The molecule has 1 fully saturated rings. The van der Waals surface area contributed by atoms with Crippen LogP contribution in [0.5, 0.6) is 11.7 Å². The Morgan fingerprint density at radius 1 is 1.16 bits per heavy atom. The summed E-state index contributed by atoms with van der Waals surface area (Å²) in [4.78, 5) is 19.8. The third kappa shape index (κ3) is 3.91. The zero-order valence-corrected chi connectivity index (χ0v) is 17.9. The molecule has 6 nitrogen and oxygen atoms in total. The topological polar surface area (TPSA) is 60.5 Å². The highest BCUT2D eigenvalue weighted by molar-refractivity contribution is 6.30. The maximum absolute atomic E-state index is 13.1. The van der Waals surface area contributed by atoms with Crippen LogP contribution in [0.4, 0.5) is 0 Å². The van der Waals surface area contributed by atoms with Crippen molar-refractivity contribution in [2.75, 3.05) is 13.1 Å². The first kappa shape index (κ1) is 19.7. The van der Waals surface area contributed by atoms with Gasteiger partial charge in [-0.15, -0.1) is 0 Å². The van der Waals surface area contributed by atoms with Crippen LogP contribution >= 0.6 is 11.6 Å². The third-order valence-electron chi connectivity index (χ3n) is 5.70. The van der Waals surface area contributed by atoms with Gasteiger partial charge in [-0.3, -0.25) is 4.79 Å². The van der Waals surface area contributed by atoms with Crippen molar-refractivity contribution in [1.29, 1.82) is 0 Å². The van der Waals surface area contributed by atoms with E-state index in [2.05, 4.69) is 10.6 Å². The highest BCUT2D eigenvalue weighted by Gasteiger charge is 2.30. The molecule has 2 aromatic carbocycles. The molecule has 1 aliphatic heterocycles. The number of para-hydroxylation sites is 2. The summed E-state index contributed by atoms with van der Waals surface area (Å²) >= 11 is 5.99. The van der Waals surface area contributed by atoms with Crippen LogP contribution in [0.25, 0.3) is 11.0 Å². The van der Waals surface area contributed by atoms with Crippen molar-refractivity contribution in [2.24, 2.45) is 7.05 Å². The lowest BCUT2D eigenvalue weighted by atomic mass is 9.97. The number of amides is 1. The fraction of sp³-hybridized carbons (Fsp3) is 0.250. The highest BCUT2D eigenvalue weighted by atomic mass is 35.5. The third-order valence-corrected chi connectivity index (χ3v) is 5.94. The lowest BCUT2D eigenvalue weighted by molar-refractivity contribution is 0.0666. The second kappa shape index (κ2) is 8.12. The minimum Gasteiger partial charge on any atom is -0.426 e. The number of piperidine rings is 1. The lowest BCUT2D eigenvalue weighted by Crippen LogP contribution is -2.39. The van der Waals surface area contributed by atoms with Crippen molar-refractivity contribution in [2.45, 2.75) is 18.8 Å². The van der Waals surface area contributed by atoms with E-state index in [1.807, 2.05) is 30.1 Å².